The summed E-state index contributed by atoms with van der Waals surface area (Å²) in [5, 5.41) is 11.1. The number of nitrogens with zero attached hydrogens (tertiary/aromatic N) is 2. The lowest BCUT2D eigenvalue weighted by Gasteiger charge is -2.31. The number of fused-ring (bicyclic) bond motifs is 1. The molecule has 0 spiro atoms. The van der Waals surface area contributed by atoms with Crippen molar-refractivity contribution in [2.24, 2.45) is 16.5 Å². The van der Waals surface area contributed by atoms with E-state index in [4.69, 9.17) is 21.3 Å². The Morgan fingerprint density at radius 3 is 2.83 bits per heavy atom. The minimum atomic E-state index is -0.940. The number of ether oxygens (including phenoxy) is 1. The van der Waals surface area contributed by atoms with E-state index in [2.05, 4.69) is 10.3 Å². The van der Waals surface area contributed by atoms with E-state index in [9.17, 15) is 9.59 Å². The molecule has 2 rings (SSSR count). The zero-order valence-electron chi connectivity index (χ0n) is 13.2. The van der Waals surface area contributed by atoms with Crippen LogP contribution in [0.15, 0.2) is 23.2 Å². The smallest absolute Gasteiger partial charge is 0.305 e. The molecular weight excluding hydrogens is 314 g/mol. The first-order valence-electron chi connectivity index (χ1n) is 7.55. The van der Waals surface area contributed by atoms with Crippen molar-refractivity contribution in [3.63, 3.8) is 0 Å². The fourth-order valence-electron chi connectivity index (χ4n) is 2.35. The predicted octanol–water partition coefficient (Wildman–Crippen LogP) is -0.229. The Morgan fingerprint density at radius 2 is 2.12 bits per heavy atom. The van der Waals surface area contributed by atoms with Crippen LogP contribution in [-0.2, 0) is 9.59 Å². The predicted molar refractivity (Wildman–Crippen MR) is 89.5 cm³/mol. The van der Waals surface area contributed by atoms with Crippen LogP contribution in [0, 0.1) is 0 Å². The van der Waals surface area contributed by atoms with E-state index in [0.29, 0.717) is 31.1 Å². The quantitative estimate of drug-likeness (QED) is 0.398. The standard InChI is InChI=1S/C15H21N5O4/c16-15(17)19-10-1-2-12-11(9-10)20(7-8-24-12)6-4-13(21)18-5-3-14(22)23/h1-2,9H,3-8H2,(H,18,21)(H,22,23)(H4,16,17,19). The fourth-order valence-corrected chi connectivity index (χ4v) is 2.35. The summed E-state index contributed by atoms with van der Waals surface area (Å²) < 4.78 is 5.59. The van der Waals surface area contributed by atoms with Crippen LogP contribution in [0.1, 0.15) is 12.8 Å². The average Bonchev–Trinajstić information content (AvgIpc) is 2.52. The number of carbonyl (C=O) groups is 2. The van der Waals surface area contributed by atoms with Gasteiger partial charge in [-0.15, -0.1) is 0 Å². The zero-order valence-corrected chi connectivity index (χ0v) is 13.2. The van der Waals surface area contributed by atoms with Gasteiger partial charge in [0.1, 0.15) is 12.4 Å². The molecule has 1 amide bonds. The molecule has 0 aliphatic carbocycles. The number of amides is 1. The molecule has 1 aliphatic heterocycles. The molecular formula is C15H21N5O4. The van der Waals surface area contributed by atoms with Gasteiger partial charge in [0.25, 0.3) is 0 Å². The molecule has 1 aromatic rings. The second kappa shape index (κ2) is 8.04. The van der Waals surface area contributed by atoms with Gasteiger partial charge in [-0.2, -0.15) is 0 Å². The van der Waals surface area contributed by atoms with Crippen LogP contribution in [0.4, 0.5) is 11.4 Å². The van der Waals surface area contributed by atoms with Gasteiger partial charge in [0, 0.05) is 19.5 Å². The Hall–Kier alpha value is -2.97. The Labute approximate surface area is 139 Å². The van der Waals surface area contributed by atoms with E-state index in [-0.39, 0.29) is 31.3 Å². The summed E-state index contributed by atoms with van der Waals surface area (Å²) in [5.41, 5.74) is 12.2. The number of guanidine groups is 1. The number of hydrogen-bond acceptors (Lipinski definition) is 5. The Bertz CT molecular complexity index is 643. The topological polar surface area (TPSA) is 143 Å². The Balaban J connectivity index is 1.97. The molecule has 1 aromatic carbocycles. The molecule has 0 saturated heterocycles. The van der Waals surface area contributed by atoms with E-state index in [1.807, 2.05) is 4.90 Å². The number of carbonyl (C=O) groups excluding carboxylic acids is 1. The van der Waals surface area contributed by atoms with Gasteiger partial charge in [0.2, 0.25) is 5.91 Å². The molecule has 0 atom stereocenters. The molecule has 0 aromatic heterocycles. The monoisotopic (exact) mass is 335 g/mol. The van der Waals surface area contributed by atoms with Crippen molar-refractivity contribution >= 4 is 29.2 Å². The largest absolute Gasteiger partial charge is 0.490 e. The van der Waals surface area contributed by atoms with Crippen LogP contribution in [0.5, 0.6) is 5.75 Å². The third-order valence-electron chi connectivity index (χ3n) is 3.43. The van der Waals surface area contributed by atoms with Crippen LogP contribution >= 0.6 is 0 Å². The van der Waals surface area contributed by atoms with E-state index in [1.54, 1.807) is 18.2 Å². The van der Waals surface area contributed by atoms with Gasteiger partial charge in [-0.1, -0.05) is 0 Å². The van der Waals surface area contributed by atoms with Gasteiger partial charge in [-0.3, -0.25) is 9.59 Å². The maximum absolute atomic E-state index is 11.8. The zero-order chi connectivity index (χ0) is 17.5. The molecule has 1 aliphatic rings. The fraction of sp³-hybridized carbons (Fsp3) is 0.400. The number of aliphatic imine (C=N–C) groups is 1. The van der Waals surface area contributed by atoms with Crippen molar-refractivity contribution in [1.29, 1.82) is 0 Å². The summed E-state index contributed by atoms with van der Waals surface area (Å²) in [6.07, 6.45) is 0.166. The number of carboxylic acids is 1. The number of benzene rings is 1. The minimum absolute atomic E-state index is 0.0314. The summed E-state index contributed by atoms with van der Waals surface area (Å²) in [6, 6.07) is 5.34. The highest BCUT2D eigenvalue weighted by Gasteiger charge is 2.19. The number of rotatable bonds is 7. The summed E-state index contributed by atoms with van der Waals surface area (Å²) in [5.74, 6) is -0.451. The van der Waals surface area contributed by atoms with E-state index >= 15 is 0 Å². The molecule has 0 fully saturated rings. The van der Waals surface area contributed by atoms with Gasteiger partial charge in [0.05, 0.1) is 24.3 Å². The number of nitrogens with two attached hydrogens (primary N) is 2. The van der Waals surface area contributed by atoms with Gasteiger partial charge in [-0.25, -0.2) is 4.99 Å². The number of nitrogens with one attached hydrogen (secondary N) is 1. The van der Waals surface area contributed by atoms with Gasteiger partial charge in [0.15, 0.2) is 5.96 Å². The summed E-state index contributed by atoms with van der Waals surface area (Å²) in [6.45, 7) is 1.78. The number of aliphatic carboxylic acids is 1. The Morgan fingerprint density at radius 1 is 1.33 bits per heavy atom. The molecule has 9 nitrogen and oxygen atoms in total. The lowest BCUT2D eigenvalue weighted by atomic mass is 10.2. The van der Waals surface area contributed by atoms with Crippen LogP contribution in [-0.4, -0.2) is 49.2 Å². The summed E-state index contributed by atoms with van der Waals surface area (Å²) in [4.78, 5) is 28.2. The minimum Gasteiger partial charge on any atom is -0.490 e. The lowest BCUT2D eigenvalue weighted by molar-refractivity contribution is -0.136. The highest BCUT2D eigenvalue weighted by molar-refractivity contribution is 5.80. The summed E-state index contributed by atoms with van der Waals surface area (Å²) in [7, 11) is 0. The molecule has 0 unspecified atom stereocenters. The molecule has 130 valence electrons. The SMILES string of the molecule is NC(N)=Nc1ccc2c(c1)N(CCC(=O)NCCC(=O)O)CCO2. The third-order valence-corrected chi connectivity index (χ3v) is 3.43. The molecule has 1 heterocycles. The Kier molecular flexibility index (Phi) is 5.83. The van der Waals surface area contributed by atoms with Crippen molar-refractivity contribution in [1.82, 2.24) is 5.32 Å². The number of hydrogen-bond donors (Lipinski definition) is 4. The first-order chi connectivity index (χ1) is 11.5. The third kappa shape index (κ3) is 5.04. The lowest BCUT2D eigenvalue weighted by Crippen LogP contribution is -2.36. The van der Waals surface area contributed by atoms with E-state index < -0.39 is 5.97 Å². The van der Waals surface area contributed by atoms with Crippen molar-refractivity contribution < 1.29 is 19.4 Å². The van der Waals surface area contributed by atoms with Gasteiger partial charge >= 0.3 is 5.97 Å². The highest BCUT2D eigenvalue weighted by Crippen LogP contribution is 2.35. The molecule has 24 heavy (non-hydrogen) atoms. The van der Waals surface area contributed by atoms with Crippen LogP contribution < -0.4 is 26.4 Å². The summed E-state index contributed by atoms with van der Waals surface area (Å²) >= 11 is 0. The molecule has 9 heteroatoms. The van der Waals surface area contributed by atoms with Crippen LogP contribution in [0.25, 0.3) is 0 Å². The van der Waals surface area contributed by atoms with Gasteiger partial charge in [-0.05, 0) is 18.2 Å². The molecule has 0 bridgehead atoms. The van der Waals surface area contributed by atoms with E-state index in [0.717, 1.165) is 5.69 Å². The maximum atomic E-state index is 11.8. The molecule has 0 radical (unpaired) electrons. The van der Waals surface area contributed by atoms with Crippen molar-refractivity contribution in [3.05, 3.63) is 18.2 Å². The van der Waals surface area contributed by atoms with Crippen LogP contribution in [0.2, 0.25) is 0 Å². The van der Waals surface area contributed by atoms with Crippen LogP contribution in [0.3, 0.4) is 0 Å². The molecule has 6 N–H and O–H groups in total. The molecule has 0 saturated carbocycles. The first-order valence-corrected chi connectivity index (χ1v) is 7.55. The van der Waals surface area contributed by atoms with Gasteiger partial charge < -0.3 is 31.5 Å². The normalized spacial score (nSPS) is 12.8. The van der Waals surface area contributed by atoms with E-state index in [1.165, 1.54) is 0 Å². The van der Waals surface area contributed by atoms with Crippen molar-refractivity contribution in [3.8, 4) is 5.75 Å². The maximum Gasteiger partial charge on any atom is 0.305 e. The second-order valence-corrected chi connectivity index (χ2v) is 5.27. The average molecular weight is 335 g/mol. The number of carboxylic acid groups (broad SMARTS) is 1. The second-order valence-electron chi connectivity index (χ2n) is 5.27. The van der Waals surface area contributed by atoms with Crippen molar-refractivity contribution in [2.45, 2.75) is 12.8 Å². The first kappa shape index (κ1) is 17.4. The van der Waals surface area contributed by atoms with Crippen molar-refractivity contribution in [2.75, 3.05) is 31.1 Å². The highest BCUT2D eigenvalue weighted by atomic mass is 16.5. The number of anilines is 1.